The van der Waals surface area contributed by atoms with Crippen LogP contribution in [0.1, 0.15) is 12.5 Å². The fourth-order valence-corrected chi connectivity index (χ4v) is 2.08. The predicted molar refractivity (Wildman–Crippen MR) is 59.7 cm³/mol. The lowest BCUT2D eigenvalue weighted by Crippen LogP contribution is -2.40. The van der Waals surface area contributed by atoms with Crippen LogP contribution < -0.4 is 14.8 Å². The lowest BCUT2D eigenvalue weighted by atomic mass is 9.99. The summed E-state index contributed by atoms with van der Waals surface area (Å²) in [7, 11) is 3.61. The fourth-order valence-electron chi connectivity index (χ4n) is 2.08. The average molecular weight is 207 g/mol. The smallest absolute Gasteiger partial charge is 0.127 e. The molecule has 1 aliphatic heterocycles. The van der Waals surface area contributed by atoms with Crippen molar-refractivity contribution in [3.8, 4) is 11.5 Å². The van der Waals surface area contributed by atoms with Crippen LogP contribution in [-0.4, -0.2) is 26.3 Å². The zero-order chi connectivity index (χ0) is 10.9. The minimum atomic E-state index is -0.122. The molecule has 15 heavy (non-hydrogen) atoms. The molecule has 0 bridgehead atoms. The van der Waals surface area contributed by atoms with Crippen LogP contribution in [0.4, 0.5) is 0 Å². The normalized spacial score (nSPS) is 23.4. The van der Waals surface area contributed by atoms with Gasteiger partial charge in [-0.1, -0.05) is 6.07 Å². The summed E-state index contributed by atoms with van der Waals surface area (Å²) in [5.41, 5.74) is 1.14. The molecule has 0 spiro atoms. The number of methoxy groups -OCH3 is 1. The van der Waals surface area contributed by atoms with Crippen LogP contribution in [0, 0.1) is 0 Å². The van der Waals surface area contributed by atoms with Crippen LogP contribution in [0.2, 0.25) is 0 Å². The van der Waals surface area contributed by atoms with Gasteiger partial charge in [0.05, 0.1) is 7.11 Å². The monoisotopic (exact) mass is 207 g/mol. The van der Waals surface area contributed by atoms with E-state index in [2.05, 4.69) is 18.3 Å². The van der Waals surface area contributed by atoms with Crippen molar-refractivity contribution in [3.63, 3.8) is 0 Å². The number of likely N-dealkylation sites (N-methyl/N-ethyl adjacent to an activating group) is 1. The first-order chi connectivity index (χ1) is 7.17. The first kappa shape index (κ1) is 10.3. The molecule has 1 N–H and O–H groups in total. The Morgan fingerprint density at radius 3 is 3.00 bits per heavy atom. The van der Waals surface area contributed by atoms with Crippen molar-refractivity contribution >= 4 is 0 Å². The molecule has 1 aromatic carbocycles. The van der Waals surface area contributed by atoms with Gasteiger partial charge in [-0.25, -0.2) is 0 Å². The molecule has 0 amide bonds. The molecule has 1 aliphatic rings. The van der Waals surface area contributed by atoms with Crippen LogP contribution in [0.5, 0.6) is 11.5 Å². The van der Waals surface area contributed by atoms with E-state index in [4.69, 9.17) is 9.47 Å². The molecule has 82 valence electrons. The fraction of sp³-hybridized carbons (Fsp3) is 0.500. The van der Waals surface area contributed by atoms with E-state index in [1.807, 2.05) is 19.2 Å². The summed E-state index contributed by atoms with van der Waals surface area (Å²) >= 11 is 0. The van der Waals surface area contributed by atoms with Crippen molar-refractivity contribution < 1.29 is 9.47 Å². The third-order valence-electron chi connectivity index (χ3n) is 2.75. The number of fused-ring (bicyclic) bond motifs is 1. The lowest BCUT2D eigenvalue weighted by Gasteiger charge is -2.23. The molecule has 1 aromatic rings. The van der Waals surface area contributed by atoms with Gasteiger partial charge in [0.15, 0.2) is 0 Å². The molecule has 0 aliphatic carbocycles. The standard InChI is InChI=1S/C12H17NO2/c1-12(8-13-2)7-9-4-5-10(14-3)6-11(9)15-12/h4-6,13H,7-8H2,1-3H3. The second-order valence-electron chi connectivity index (χ2n) is 4.23. The number of hydrogen-bond acceptors (Lipinski definition) is 3. The molecule has 1 atom stereocenters. The second kappa shape index (κ2) is 3.74. The van der Waals surface area contributed by atoms with Gasteiger partial charge in [0.1, 0.15) is 17.1 Å². The molecular formula is C12H17NO2. The Labute approximate surface area is 90.4 Å². The Bertz CT molecular complexity index is 365. The number of nitrogens with one attached hydrogen (secondary N) is 1. The van der Waals surface area contributed by atoms with Crippen molar-refractivity contribution in [1.29, 1.82) is 0 Å². The molecule has 0 fully saturated rings. The Balaban J connectivity index is 2.23. The number of hydrogen-bond donors (Lipinski definition) is 1. The first-order valence-electron chi connectivity index (χ1n) is 5.17. The van der Waals surface area contributed by atoms with Crippen molar-refractivity contribution in [2.75, 3.05) is 20.7 Å². The topological polar surface area (TPSA) is 30.5 Å². The van der Waals surface area contributed by atoms with E-state index in [1.165, 1.54) is 5.56 Å². The number of benzene rings is 1. The maximum atomic E-state index is 5.93. The highest BCUT2D eigenvalue weighted by Gasteiger charge is 2.34. The highest BCUT2D eigenvalue weighted by atomic mass is 16.5. The Morgan fingerprint density at radius 1 is 1.53 bits per heavy atom. The van der Waals surface area contributed by atoms with E-state index in [-0.39, 0.29) is 5.60 Å². The van der Waals surface area contributed by atoms with Crippen LogP contribution in [-0.2, 0) is 6.42 Å². The van der Waals surface area contributed by atoms with Gasteiger partial charge in [0, 0.05) is 19.0 Å². The summed E-state index contributed by atoms with van der Waals surface area (Å²) in [5.74, 6) is 1.80. The van der Waals surface area contributed by atoms with E-state index in [1.54, 1.807) is 7.11 Å². The maximum absolute atomic E-state index is 5.93. The summed E-state index contributed by atoms with van der Waals surface area (Å²) in [4.78, 5) is 0. The first-order valence-corrected chi connectivity index (χ1v) is 5.17. The van der Waals surface area contributed by atoms with E-state index < -0.39 is 0 Å². The maximum Gasteiger partial charge on any atom is 0.127 e. The summed E-state index contributed by atoms with van der Waals surface area (Å²) < 4.78 is 11.1. The zero-order valence-electron chi connectivity index (χ0n) is 9.46. The molecule has 0 saturated heterocycles. The lowest BCUT2D eigenvalue weighted by molar-refractivity contribution is 0.117. The number of ether oxygens (including phenoxy) is 2. The quantitative estimate of drug-likeness (QED) is 0.816. The Hall–Kier alpha value is -1.22. The van der Waals surface area contributed by atoms with Gasteiger partial charge in [-0.2, -0.15) is 0 Å². The Kier molecular flexibility index (Phi) is 2.57. The van der Waals surface area contributed by atoms with E-state index >= 15 is 0 Å². The minimum Gasteiger partial charge on any atom is -0.497 e. The zero-order valence-corrected chi connectivity index (χ0v) is 9.46. The SMILES string of the molecule is CNCC1(C)Cc2ccc(OC)cc2O1. The van der Waals surface area contributed by atoms with Crippen LogP contribution in [0.25, 0.3) is 0 Å². The molecule has 3 nitrogen and oxygen atoms in total. The van der Waals surface area contributed by atoms with Gasteiger partial charge in [-0.05, 0) is 25.6 Å². The largest absolute Gasteiger partial charge is 0.497 e. The van der Waals surface area contributed by atoms with Crippen LogP contribution in [0.15, 0.2) is 18.2 Å². The van der Waals surface area contributed by atoms with Crippen LogP contribution in [0.3, 0.4) is 0 Å². The van der Waals surface area contributed by atoms with E-state index in [9.17, 15) is 0 Å². The highest BCUT2D eigenvalue weighted by Crippen LogP contribution is 2.36. The van der Waals surface area contributed by atoms with Gasteiger partial charge in [-0.15, -0.1) is 0 Å². The molecule has 3 heteroatoms. The third-order valence-corrected chi connectivity index (χ3v) is 2.75. The van der Waals surface area contributed by atoms with Crippen molar-refractivity contribution in [1.82, 2.24) is 5.32 Å². The molecule has 2 rings (SSSR count). The van der Waals surface area contributed by atoms with Crippen molar-refractivity contribution in [2.24, 2.45) is 0 Å². The molecule has 1 unspecified atom stereocenters. The minimum absolute atomic E-state index is 0.122. The molecule has 1 heterocycles. The molecule has 0 saturated carbocycles. The van der Waals surface area contributed by atoms with E-state index in [0.717, 1.165) is 24.5 Å². The summed E-state index contributed by atoms with van der Waals surface area (Å²) in [5, 5.41) is 3.16. The molecule has 0 radical (unpaired) electrons. The predicted octanol–water partition coefficient (Wildman–Crippen LogP) is 1.61. The molecule has 0 aromatic heterocycles. The van der Waals surface area contributed by atoms with Crippen molar-refractivity contribution in [2.45, 2.75) is 18.9 Å². The average Bonchev–Trinajstić information content (AvgIpc) is 2.53. The van der Waals surface area contributed by atoms with Crippen molar-refractivity contribution in [3.05, 3.63) is 23.8 Å². The number of rotatable bonds is 3. The summed E-state index contributed by atoms with van der Waals surface area (Å²) in [6.45, 7) is 2.97. The molecular weight excluding hydrogens is 190 g/mol. The summed E-state index contributed by atoms with van der Waals surface area (Å²) in [6, 6.07) is 6.01. The van der Waals surface area contributed by atoms with Crippen LogP contribution >= 0.6 is 0 Å². The Morgan fingerprint density at radius 2 is 2.33 bits per heavy atom. The van der Waals surface area contributed by atoms with Gasteiger partial charge >= 0.3 is 0 Å². The van der Waals surface area contributed by atoms with Gasteiger partial charge < -0.3 is 14.8 Å². The second-order valence-corrected chi connectivity index (χ2v) is 4.23. The van der Waals surface area contributed by atoms with Gasteiger partial charge in [0.25, 0.3) is 0 Å². The van der Waals surface area contributed by atoms with Gasteiger partial charge in [0.2, 0.25) is 0 Å². The van der Waals surface area contributed by atoms with Gasteiger partial charge in [-0.3, -0.25) is 0 Å². The highest BCUT2D eigenvalue weighted by molar-refractivity contribution is 5.44. The third kappa shape index (κ3) is 1.92. The summed E-state index contributed by atoms with van der Waals surface area (Å²) in [6.07, 6.45) is 0.952. The van der Waals surface area contributed by atoms with E-state index in [0.29, 0.717) is 0 Å².